The van der Waals surface area contributed by atoms with Crippen LogP contribution in [0.4, 0.5) is 4.79 Å². The second-order valence-corrected chi connectivity index (χ2v) is 7.49. The highest BCUT2D eigenvalue weighted by Crippen LogP contribution is 2.39. The van der Waals surface area contributed by atoms with E-state index in [0.29, 0.717) is 12.5 Å². The van der Waals surface area contributed by atoms with Crippen molar-refractivity contribution in [2.45, 2.75) is 57.9 Å². The minimum atomic E-state index is -0.450. The first kappa shape index (κ1) is 17.5. The molecule has 0 aromatic rings. The van der Waals surface area contributed by atoms with E-state index in [-0.39, 0.29) is 12.6 Å². The Balaban J connectivity index is 1.53. The van der Waals surface area contributed by atoms with Crippen molar-refractivity contribution in [2.75, 3.05) is 32.8 Å². The SMILES string of the molecule is CC1CCCN(CCCCNC(=O)NC(C)(CO)C2CC2)C1. The lowest BCUT2D eigenvalue weighted by Gasteiger charge is -2.30. The van der Waals surface area contributed by atoms with Crippen molar-refractivity contribution < 1.29 is 9.90 Å². The zero-order chi connectivity index (χ0) is 16.0. The molecule has 2 aliphatic rings. The van der Waals surface area contributed by atoms with E-state index in [4.69, 9.17) is 0 Å². The summed E-state index contributed by atoms with van der Waals surface area (Å²) in [6.45, 7) is 8.58. The number of nitrogens with zero attached hydrogens (tertiary/aromatic N) is 1. The van der Waals surface area contributed by atoms with Crippen molar-refractivity contribution in [1.82, 2.24) is 15.5 Å². The number of unbranched alkanes of at least 4 members (excludes halogenated alkanes) is 1. The normalized spacial score (nSPS) is 25.5. The fourth-order valence-electron chi connectivity index (χ4n) is 3.45. The van der Waals surface area contributed by atoms with Gasteiger partial charge < -0.3 is 20.6 Å². The van der Waals surface area contributed by atoms with Gasteiger partial charge in [-0.1, -0.05) is 6.92 Å². The molecule has 0 aromatic heterocycles. The van der Waals surface area contributed by atoms with Gasteiger partial charge in [0.2, 0.25) is 0 Å². The Morgan fingerprint density at radius 1 is 1.32 bits per heavy atom. The third kappa shape index (κ3) is 5.43. The van der Waals surface area contributed by atoms with E-state index in [1.165, 1.54) is 25.9 Å². The first-order chi connectivity index (χ1) is 10.5. The number of amides is 2. The number of aliphatic hydroxyl groups excluding tert-OH is 1. The summed E-state index contributed by atoms with van der Waals surface area (Å²) in [5.41, 5.74) is -0.450. The van der Waals surface area contributed by atoms with Crippen molar-refractivity contribution in [2.24, 2.45) is 11.8 Å². The number of piperidine rings is 1. The molecule has 5 heteroatoms. The van der Waals surface area contributed by atoms with Crippen LogP contribution in [0.3, 0.4) is 0 Å². The number of carbonyl (C=O) groups is 1. The first-order valence-electron chi connectivity index (χ1n) is 8.93. The number of rotatable bonds is 8. The van der Waals surface area contributed by atoms with E-state index in [9.17, 15) is 9.90 Å². The topological polar surface area (TPSA) is 64.6 Å². The summed E-state index contributed by atoms with van der Waals surface area (Å²) in [6, 6.07) is -0.143. The van der Waals surface area contributed by atoms with Crippen molar-refractivity contribution in [3.63, 3.8) is 0 Å². The maximum absolute atomic E-state index is 11.9. The van der Waals surface area contributed by atoms with Crippen molar-refractivity contribution >= 4 is 6.03 Å². The van der Waals surface area contributed by atoms with Crippen LogP contribution in [0.5, 0.6) is 0 Å². The van der Waals surface area contributed by atoms with Gasteiger partial charge in [0.25, 0.3) is 0 Å². The molecule has 2 fully saturated rings. The number of urea groups is 1. The van der Waals surface area contributed by atoms with Crippen LogP contribution in [-0.4, -0.2) is 54.4 Å². The monoisotopic (exact) mass is 311 g/mol. The molecule has 0 bridgehead atoms. The molecule has 128 valence electrons. The smallest absolute Gasteiger partial charge is 0.315 e. The van der Waals surface area contributed by atoms with E-state index in [0.717, 1.165) is 38.1 Å². The Morgan fingerprint density at radius 3 is 2.73 bits per heavy atom. The molecule has 2 unspecified atom stereocenters. The predicted molar refractivity (Wildman–Crippen MR) is 88.8 cm³/mol. The summed E-state index contributed by atoms with van der Waals surface area (Å²) in [6.07, 6.45) is 7.03. The Bertz CT molecular complexity index is 360. The van der Waals surface area contributed by atoms with E-state index in [1.807, 2.05) is 6.92 Å². The molecule has 0 spiro atoms. The Labute approximate surface area is 134 Å². The summed E-state index contributed by atoms with van der Waals surface area (Å²) in [5, 5.41) is 15.3. The quantitative estimate of drug-likeness (QED) is 0.600. The average Bonchev–Trinajstić information content (AvgIpc) is 3.32. The molecule has 22 heavy (non-hydrogen) atoms. The molecule has 2 rings (SSSR count). The van der Waals surface area contributed by atoms with Crippen LogP contribution in [0.1, 0.15) is 52.4 Å². The third-order valence-corrected chi connectivity index (χ3v) is 5.13. The summed E-state index contributed by atoms with van der Waals surface area (Å²) in [4.78, 5) is 14.5. The van der Waals surface area contributed by atoms with E-state index < -0.39 is 5.54 Å². The van der Waals surface area contributed by atoms with Crippen LogP contribution in [-0.2, 0) is 0 Å². The fourth-order valence-corrected chi connectivity index (χ4v) is 3.45. The van der Waals surface area contributed by atoms with Gasteiger partial charge in [0.15, 0.2) is 0 Å². The van der Waals surface area contributed by atoms with E-state index >= 15 is 0 Å². The number of likely N-dealkylation sites (tertiary alicyclic amines) is 1. The summed E-state index contributed by atoms with van der Waals surface area (Å²) in [7, 11) is 0. The van der Waals surface area contributed by atoms with Gasteiger partial charge in [0.1, 0.15) is 0 Å². The number of aliphatic hydroxyl groups is 1. The van der Waals surface area contributed by atoms with Crippen LogP contribution in [0, 0.1) is 11.8 Å². The number of carbonyl (C=O) groups excluding carboxylic acids is 1. The maximum Gasteiger partial charge on any atom is 0.315 e. The fraction of sp³-hybridized carbons (Fsp3) is 0.941. The molecule has 2 amide bonds. The Morgan fingerprint density at radius 2 is 2.09 bits per heavy atom. The first-order valence-corrected chi connectivity index (χ1v) is 8.93. The molecule has 1 saturated heterocycles. The zero-order valence-electron chi connectivity index (χ0n) is 14.2. The Hall–Kier alpha value is -0.810. The maximum atomic E-state index is 11.9. The molecule has 0 aromatic carbocycles. The van der Waals surface area contributed by atoms with Gasteiger partial charge in [-0.05, 0) is 70.4 Å². The summed E-state index contributed by atoms with van der Waals surface area (Å²) < 4.78 is 0. The van der Waals surface area contributed by atoms with Gasteiger partial charge in [-0.25, -0.2) is 4.79 Å². The van der Waals surface area contributed by atoms with Crippen LogP contribution in [0.15, 0.2) is 0 Å². The predicted octanol–water partition coefficient (Wildman–Crippen LogP) is 1.96. The van der Waals surface area contributed by atoms with Gasteiger partial charge >= 0.3 is 6.03 Å². The van der Waals surface area contributed by atoms with Gasteiger partial charge in [-0.2, -0.15) is 0 Å². The molecule has 1 saturated carbocycles. The number of hydrogen-bond donors (Lipinski definition) is 3. The molecular weight excluding hydrogens is 278 g/mol. The van der Waals surface area contributed by atoms with Crippen LogP contribution in [0.25, 0.3) is 0 Å². The van der Waals surface area contributed by atoms with Crippen LogP contribution < -0.4 is 10.6 Å². The summed E-state index contributed by atoms with van der Waals surface area (Å²) >= 11 is 0. The molecule has 2 atom stereocenters. The average molecular weight is 311 g/mol. The molecule has 5 nitrogen and oxygen atoms in total. The molecule has 1 aliphatic heterocycles. The van der Waals surface area contributed by atoms with Crippen LogP contribution in [0.2, 0.25) is 0 Å². The standard InChI is InChI=1S/C17H33N3O2/c1-14-6-5-11-20(12-14)10-4-3-9-18-16(22)19-17(2,13-21)15-7-8-15/h14-15,21H,3-13H2,1-2H3,(H2,18,19,22). The number of hydrogen-bond acceptors (Lipinski definition) is 3. The lowest BCUT2D eigenvalue weighted by Crippen LogP contribution is -2.54. The molecular formula is C17H33N3O2. The minimum Gasteiger partial charge on any atom is -0.394 e. The van der Waals surface area contributed by atoms with Crippen molar-refractivity contribution in [3.05, 3.63) is 0 Å². The van der Waals surface area contributed by atoms with Gasteiger partial charge in [-0.3, -0.25) is 0 Å². The molecule has 1 aliphatic carbocycles. The second-order valence-electron chi connectivity index (χ2n) is 7.49. The van der Waals surface area contributed by atoms with Gasteiger partial charge in [0.05, 0.1) is 12.1 Å². The zero-order valence-corrected chi connectivity index (χ0v) is 14.2. The highest BCUT2D eigenvalue weighted by Gasteiger charge is 2.42. The minimum absolute atomic E-state index is 0.0121. The van der Waals surface area contributed by atoms with Gasteiger partial charge in [0, 0.05) is 13.1 Å². The van der Waals surface area contributed by atoms with E-state index in [2.05, 4.69) is 22.5 Å². The molecule has 0 radical (unpaired) electrons. The second kappa shape index (κ2) is 8.16. The summed E-state index contributed by atoms with van der Waals surface area (Å²) in [5.74, 6) is 1.26. The molecule has 1 heterocycles. The molecule has 3 N–H and O–H groups in total. The Kier molecular flexibility index (Phi) is 6.50. The van der Waals surface area contributed by atoms with Gasteiger partial charge in [-0.15, -0.1) is 0 Å². The third-order valence-electron chi connectivity index (χ3n) is 5.13. The lowest BCUT2D eigenvalue weighted by molar-refractivity contribution is 0.155. The van der Waals surface area contributed by atoms with Crippen LogP contribution >= 0.6 is 0 Å². The van der Waals surface area contributed by atoms with Crippen molar-refractivity contribution in [1.29, 1.82) is 0 Å². The van der Waals surface area contributed by atoms with E-state index in [1.54, 1.807) is 0 Å². The highest BCUT2D eigenvalue weighted by molar-refractivity contribution is 5.74. The lowest BCUT2D eigenvalue weighted by atomic mass is 9.97. The van der Waals surface area contributed by atoms with Crippen molar-refractivity contribution in [3.8, 4) is 0 Å². The highest BCUT2D eigenvalue weighted by atomic mass is 16.3. The largest absolute Gasteiger partial charge is 0.394 e. The number of nitrogens with one attached hydrogen (secondary N) is 2.